The summed E-state index contributed by atoms with van der Waals surface area (Å²) in [6, 6.07) is 4.65. The van der Waals surface area contributed by atoms with Gasteiger partial charge in [-0.2, -0.15) is 5.10 Å². The predicted molar refractivity (Wildman–Crippen MR) is 58.4 cm³/mol. The van der Waals surface area contributed by atoms with Gasteiger partial charge in [0.05, 0.1) is 18.4 Å². The largest absolute Gasteiger partial charge is 0.397 e. The molecular weight excluding hydrogens is 228 g/mol. The van der Waals surface area contributed by atoms with Crippen LogP contribution >= 0.6 is 0 Å². The Morgan fingerprint density at radius 1 is 1.29 bits per heavy atom. The van der Waals surface area contributed by atoms with Crippen molar-refractivity contribution in [2.24, 2.45) is 0 Å². The Hall–Kier alpha value is -2.24. The van der Waals surface area contributed by atoms with Gasteiger partial charge < -0.3 is 5.73 Å². The number of nitrogens with two attached hydrogens (primary N) is 1. The van der Waals surface area contributed by atoms with E-state index in [9.17, 15) is 13.6 Å². The van der Waals surface area contributed by atoms with E-state index in [-0.39, 0.29) is 17.8 Å². The van der Waals surface area contributed by atoms with Gasteiger partial charge in [0, 0.05) is 11.6 Å². The van der Waals surface area contributed by atoms with Crippen LogP contribution in [0.15, 0.2) is 35.3 Å². The molecule has 88 valence electrons. The highest BCUT2D eigenvalue weighted by molar-refractivity contribution is 5.31. The number of anilines is 1. The van der Waals surface area contributed by atoms with Crippen molar-refractivity contribution in [3.8, 4) is 0 Å². The standard InChI is InChI=1S/C11H9F2N3O/c12-9-2-1-3-10(13)8(9)6-16-11(17)4-7(14)5-15-16/h1-5H,6,14H2. The quantitative estimate of drug-likeness (QED) is 0.852. The van der Waals surface area contributed by atoms with Crippen molar-refractivity contribution in [1.82, 2.24) is 9.78 Å². The van der Waals surface area contributed by atoms with E-state index >= 15 is 0 Å². The van der Waals surface area contributed by atoms with Gasteiger partial charge in [-0.25, -0.2) is 13.5 Å². The van der Waals surface area contributed by atoms with E-state index in [4.69, 9.17) is 5.73 Å². The van der Waals surface area contributed by atoms with Crippen molar-refractivity contribution in [1.29, 1.82) is 0 Å². The number of aromatic nitrogens is 2. The van der Waals surface area contributed by atoms with E-state index in [1.54, 1.807) is 0 Å². The Kier molecular flexibility index (Phi) is 2.86. The second-order valence-electron chi connectivity index (χ2n) is 3.49. The molecule has 4 nitrogen and oxygen atoms in total. The van der Waals surface area contributed by atoms with Crippen LogP contribution in [0.1, 0.15) is 5.56 Å². The minimum atomic E-state index is -0.712. The highest BCUT2D eigenvalue weighted by Gasteiger charge is 2.10. The van der Waals surface area contributed by atoms with E-state index in [1.807, 2.05) is 0 Å². The molecule has 1 aromatic heterocycles. The molecule has 0 saturated heterocycles. The van der Waals surface area contributed by atoms with Crippen molar-refractivity contribution in [3.63, 3.8) is 0 Å². The molecule has 0 fully saturated rings. The average Bonchev–Trinajstić information content (AvgIpc) is 2.26. The van der Waals surface area contributed by atoms with Gasteiger partial charge in [0.25, 0.3) is 5.56 Å². The Balaban J connectivity index is 2.42. The zero-order chi connectivity index (χ0) is 12.4. The first-order valence-corrected chi connectivity index (χ1v) is 4.83. The average molecular weight is 237 g/mol. The highest BCUT2D eigenvalue weighted by Crippen LogP contribution is 2.12. The van der Waals surface area contributed by atoms with E-state index < -0.39 is 17.2 Å². The fraction of sp³-hybridized carbons (Fsp3) is 0.0909. The molecule has 0 unspecified atom stereocenters. The van der Waals surface area contributed by atoms with Gasteiger partial charge in [0.1, 0.15) is 11.6 Å². The summed E-state index contributed by atoms with van der Waals surface area (Å²) in [7, 11) is 0. The summed E-state index contributed by atoms with van der Waals surface area (Å²) >= 11 is 0. The third kappa shape index (κ3) is 2.30. The summed E-state index contributed by atoms with van der Waals surface area (Å²) in [4.78, 5) is 11.4. The van der Waals surface area contributed by atoms with E-state index in [1.165, 1.54) is 12.3 Å². The number of halogens is 2. The van der Waals surface area contributed by atoms with E-state index in [0.717, 1.165) is 22.9 Å². The van der Waals surface area contributed by atoms with Crippen LogP contribution in [0.2, 0.25) is 0 Å². The monoisotopic (exact) mass is 237 g/mol. The van der Waals surface area contributed by atoms with Crippen molar-refractivity contribution in [2.45, 2.75) is 6.54 Å². The van der Waals surface area contributed by atoms with Gasteiger partial charge in [0.2, 0.25) is 0 Å². The zero-order valence-electron chi connectivity index (χ0n) is 8.73. The maximum Gasteiger partial charge on any atom is 0.269 e. The van der Waals surface area contributed by atoms with Crippen LogP contribution in [-0.4, -0.2) is 9.78 Å². The van der Waals surface area contributed by atoms with Crippen LogP contribution in [0, 0.1) is 11.6 Å². The Morgan fingerprint density at radius 3 is 2.53 bits per heavy atom. The van der Waals surface area contributed by atoms with Crippen molar-refractivity contribution < 1.29 is 8.78 Å². The van der Waals surface area contributed by atoms with Crippen LogP contribution in [-0.2, 0) is 6.54 Å². The second kappa shape index (κ2) is 4.32. The second-order valence-corrected chi connectivity index (χ2v) is 3.49. The molecule has 17 heavy (non-hydrogen) atoms. The summed E-state index contributed by atoms with van der Waals surface area (Å²) < 4.78 is 27.6. The maximum absolute atomic E-state index is 13.3. The summed E-state index contributed by atoms with van der Waals surface area (Å²) in [5.41, 5.74) is 4.86. The first kappa shape index (κ1) is 11.3. The molecule has 2 rings (SSSR count). The van der Waals surface area contributed by atoms with Gasteiger partial charge in [0.15, 0.2) is 0 Å². The molecule has 2 aromatic rings. The van der Waals surface area contributed by atoms with Crippen LogP contribution in [0.25, 0.3) is 0 Å². The van der Waals surface area contributed by atoms with Gasteiger partial charge >= 0.3 is 0 Å². The molecule has 0 saturated carbocycles. The summed E-state index contributed by atoms with van der Waals surface area (Å²) in [6.45, 7) is -0.266. The van der Waals surface area contributed by atoms with Crippen molar-refractivity contribution in [3.05, 3.63) is 58.0 Å². The minimum Gasteiger partial charge on any atom is -0.397 e. The van der Waals surface area contributed by atoms with Crippen LogP contribution in [0.5, 0.6) is 0 Å². The predicted octanol–water partition coefficient (Wildman–Crippen LogP) is 1.15. The fourth-order valence-electron chi connectivity index (χ4n) is 1.40. The zero-order valence-corrected chi connectivity index (χ0v) is 8.73. The molecule has 2 N–H and O–H groups in total. The van der Waals surface area contributed by atoms with Crippen molar-refractivity contribution in [2.75, 3.05) is 5.73 Å². The molecule has 6 heteroatoms. The lowest BCUT2D eigenvalue weighted by Crippen LogP contribution is -2.23. The Bertz CT molecular complexity index is 590. The Morgan fingerprint density at radius 2 is 1.94 bits per heavy atom. The molecule has 0 aliphatic heterocycles. The minimum absolute atomic E-state index is 0.202. The molecule has 1 heterocycles. The SMILES string of the molecule is Nc1cnn(Cc2c(F)cccc2F)c(=O)c1. The van der Waals surface area contributed by atoms with Gasteiger partial charge in [-0.15, -0.1) is 0 Å². The highest BCUT2D eigenvalue weighted by atomic mass is 19.1. The molecular formula is C11H9F2N3O. The number of nitrogens with zero attached hydrogens (tertiary/aromatic N) is 2. The summed E-state index contributed by atoms with van der Waals surface area (Å²) in [5.74, 6) is -1.42. The molecule has 0 spiro atoms. The molecule has 0 atom stereocenters. The Labute approximate surface area is 95.3 Å². The summed E-state index contributed by atoms with van der Waals surface area (Å²) in [6.07, 6.45) is 1.25. The first-order valence-electron chi connectivity index (χ1n) is 4.83. The van der Waals surface area contributed by atoms with E-state index in [0.29, 0.717) is 0 Å². The molecule has 0 bridgehead atoms. The number of benzene rings is 1. The van der Waals surface area contributed by atoms with Gasteiger partial charge in [-0.05, 0) is 12.1 Å². The lowest BCUT2D eigenvalue weighted by molar-refractivity contribution is 0.524. The normalized spacial score (nSPS) is 10.5. The lowest BCUT2D eigenvalue weighted by Gasteiger charge is -2.06. The topological polar surface area (TPSA) is 60.9 Å². The van der Waals surface area contributed by atoms with Crippen LogP contribution in [0.4, 0.5) is 14.5 Å². The third-order valence-corrected chi connectivity index (χ3v) is 2.26. The molecule has 0 aliphatic carbocycles. The smallest absolute Gasteiger partial charge is 0.269 e. The number of hydrogen-bond acceptors (Lipinski definition) is 3. The van der Waals surface area contributed by atoms with Crippen LogP contribution < -0.4 is 11.3 Å². The van der Waals surface area contributed by atoms with Crippen molar-refractivity contribution >= 4 is 5.69 Å². The number of rotatable bonds is 2. The molecule has 1 aromatic carbocycles. The molecule has 0 aliphatic rings. The fourth-order valence-corrected chi connectivity index (χ4v) is 1.40. The number of hydrogen-bond donors (Lipinski definition) is 1. The van der Waals surface area contributed by atoms with E-state index in [2.05, 4.69) is 5.10 Å². The lowest BCUT2D eigenvalue weighted by atomic mass is 10.2. The summed E-state index contributed by atoms with van der Waals surface area (Å²) in [5, 5.41) is 3.70. The van der Waals surface area contributed by atoms with Gasteiger partial charge in [-0.1, -0.05) is 6.07 Å². The first-order chi connectivity index (χ1) is 8.08. The van der Waals surface area contributed by atoms with Gasteiger partial charge in [-0.3, -0.25) is 4.79 Å². The maximum atomic E-state index is 13.3. The molecule has 0 amide bonds. The number of nitrogen functional groups attached to an aromatic ring is 1. The molecule has 0 radical (unpaired) electrons. The van der Waals surface area contributed by atoms with Crippen LogP contribution in [0.3, 0.4) is 0 Å². The third-order valence-electron chi connectivity index (χ3n) is 2.26.